The summed E-state index contributed by atoms with van der Waals surface area (Å²) >= 11 is 0.958. The van der Waals surface area contributed by atoms with Crippen LogP contribution in [-0.2, 0) is 6.42 Å². The highest BCUT2D eigenvalue weighted by atomic mass is 32.1. The number of nitrogens with one attached hydrogen (secondary N) is 1. The number of aromatic nitrogens is 2. The van der Waals surface area contributed by atoms with E-state index in [1.54, 1.807) is 0 Å². The first kappa shape index (κ1) is 13.9. The summed E-state index contributed by atoms with van der Waals surface area (Å²) < 4.78 is 31.2. The van der Waals surface area contributed by atoms with Crippen LogP contribution in [0.15, 0.2) is 12.1 Å². The SMILES string of the molecule is O=C(Nc1nc(CC2CC2)ns1)c1c(F)ccc(O)c1F. The molecular weight excluding hydrogens is 300 g/mol. The van der Waals surface area contributed by atoms with Crippen molar-refractivity contribution in [3.63, 3.8) is 0 Å². The van der Waals surface area contributed by atoms with Crippen LogP contribution >= 0.6 is 11.5 Å². The van der Waals surface area contributed by atoms with Crippen LogP contribution in [-0.4, -0.2) is 20.4 Å². The van der Waals surface area contributed by atoms with Gasteiger partial charge in [-0.3, -0.25) is 10.1 Å². The van der Waals surface area contributed by atoms with E-state index in [0.717, 1.165) is 42.9 Å². The maximum Gasteiger partial charge on any atom is 0.263 e. The third-order valence-electron chi connectivity index (χ3n) is 3.15. The highest BCUT2D eigenvalue weighted by molar-refractivity contribution is 7.09. The van der Waals surface area contributed by atoms with Crippen LogP contribution in [0.4, 0.5) is 13.9 Å². The van der Waals surface area contributed by atoms with Gasteiger partial charge >= 0.3 is 0 Å². The largest absolute Gasteiger partial charge is 0.505 e. The Bertz CT molecular complexity index is 701. The lowest BCUT2D eigenvalue weighted by atomic mass is 10.1. The minimum absolute atomic E-state index is 0.179. The summed E-state index contributed by atoms with van der Waals surface area (Å²) in [6.07, 6.45) is 3.06. The predicted octanol–water partition coefficient (Wildman–Crippen LogP) is 2.73. The van der Waals surface area contributed by atoms with Crippen molar-refractivity contribution in [3.8, 4) is 5.75 Å². The van der Waals surface area contributed by atoms with Gasteiger partial charge in [0, 0.05) is 18.0 Å². The third kappa shape index (κ3) is 2.99. The van der Waals surface area contributed by atoms with Gasteiger partial charge in [-0.15, -0.1) is 0 Å². The number of amides is 1. The van der Waals surface area contributed by atoms with Gasteiger partial charge in [0.15, 0.2) is 11.6 Å². The third-order valence-corrected chi connectivity index (χ3v) is 3.82. The average molecular weight is 311 g/mol. The normalized spacial score (nSPS) is 14.2. The van der Waals surface area contributed by atoms with Gasteiger partial charge in [-0.1, -0.05) is 0 Å². The van der Waals surface area contributed by atoms with E-state index in [0.29, 0.717) is 11.7 Å². The minimum atomic E-state index is -1.30. The molecule has 1 saturated carbocycles. The van der Waals surface area contributed by atoms with Gasteiger partial charge in [-0.2, -0.15) is 4.37 Å². The van der Waals surface area contributed by atoms with Crippen molar-refractivity contribution < 1.29 is 18.7 Å². The van der Waals surface area contributed by atoms with Gasteiger partial charge in [0.05, 0.1) is 0 Å². The first-order valence-electron chi connectivity index (χ1n) is 6.35. The molecule has 1 fully saturated rings. The van der Waals surface area contributed by atoms with Gasteiger partial charge in [-0.25, -0.2) is 13.8 Å². The van der Waals surface area contributed by atoms with E-state index in [9.17, 15) is 18.7 Å². The number of carbonyl (C=O) groups is 1. The van der Waals surface area contributed by atoms with Gasteiger partial charge in [0.25, 0.3) is 5.91 Å². The van der Waals surface area contributed by atoms with Crippen LogP contribution in [0.1, 0.15) is 29.0 Å². The van der Waals surface area contributed by atoms with E-state index in [-0.39, 0.29) is 5.13 Å². The topological polar surface area (TPSA) is 75.1 Å². The number of phenols is 1. The number of nitrogens with zero attached hydrogens (tertiary/aromatic N) is 2. The first-order valence-corrected chi connectivity index (χ1v) is 7.13. The molecular formula is C13H11F2N3O2S. The minimum Gasteiger partial charge on any atom is -0.505 e. The fourth-order valence-corrected chi connectivity index (χ4v) is 2.47. The van der Waals surface area contributed by atoms with Crippen LogP contribution < -0.4 is 5.32 Å². The Kier molecular flexibility index (Phi) is 3.54. The zero-order chi connectivity index (χ0) is 15.0. The van der Waals surface area contributed by atoms with Crippen LogP contribution in [0.5, 0.6) is 5.75 Å². The number of anilines is 1. The van der Waals surface area contributed by atoms with E-state index in [4.69, 9.17) is 0 Å². The van der Waals surface area contributed by atoms with E-state index < -0.39 is 28.9 Å². The molecule has 2 aromatic rings. The maximum absolute atomic E-state index is 13.6. The molecule has 1 aliphatic carbocycles. The Hall–Kier alpha value is -2.09. The molecule has 0 bridgehead atoms. The number of aromatic hydroxyl groups is 1. The lowest BCUT2D eigenvalue weighted by molar-refractivity contribution is 0.101. The van der Waals surface area contributed by atoms with Crippen molar-refractivity contribution in [1.82, 2.24) is 9.36 Å². The number of benzene rings is 1. The molecule has 0 unspecified atom stereocenters. The molecule has 1 amide bonds. The Balaban J connectivity index is 1.76. The molecule has 110 valence electrons. The van der Waals surface area contributed by atoms with E-state index in [1.807, 2.05) is 0 Å². The Morgan fingerprint density at radius 2 is 2.19 bits per heavy atom. The molecule has 1 aliphatic rings. The van der Waals surface area contributed by atoms with E-state index in [1.165, 1.54) is 0 Å². The average Bonchev–Trinajstić information content (AvgIpc) is 3.14. The molecule has 5 nitrogen and oxygen atoms in total. The smallest absolute Gasteiger partial charge is 0.263 e. The van der Waals surface area contributed by atoms with Crippen molar-refractivity contribution in [2.24, 2.45) is 5.92 Å². The van der Waals surface area contributed by atoms with Crippen molar-refractivity contribution in [2.75, 3.05) is 5.32 Å². The zero-order valence-electron chi connectivity index (χ0n) is 10.8. The summed E-state index contributed by atoms with van der Waals surface area (Å²) in [5.74, 6) is -2.91. The summed E-state index contributed by atoms with van der Waals surface area (Å²) in [7, 11) is 0. The lowest BCUT2D eigenvalue weighted by Crippen LogP contribution is -2.16. The standard InChI is InChI=1S/C13H11F2N3O2S/c14-7-3-4-8(19)11(15)10(7)12(20)17-13-16-9(18-21-13)5-6-1-2-6/h3-4,6,19H,1-2,5H2,(H,16,17,18,20). The maximum atomic E-state index is 13.6. The number of phenolic OH excluding ortho intramolecular Hbond substituents is 1. The van der Waals surface area contributed by atoms with Gasteiger partial charge in [-0.05, 0) is 30.9 Å². The molecule has 1 heterocycles. The second-order valence-corrected chi connectivity index (χ2v) is 5.62. The fraction of sp³-hybridized carbons (Fsp3) is 0.308. The monoisotopic (exact) mass is 311 g/mol. The molecule has 2 N–H and O–H groups in total. The van der Waals surface area contributed by atoms with Crippen molar-refractivity contribution in [2.45, 2.75) is 19.3 Å². The van der Waals surface area contributed by atoms with Crippen LogP contribution in [0.3, 0.4) is 0 Å². The number of hydrogen-bond donors (Lipinski definition) is 2. The number of halogens is 2. The van der Waals surface area contributed by atoms with E-state index >= 15 is 0 Å². The summed E-state index contributed by atoms with van der Waals surface area (Å²) in [5, 5.41) is 11.7. The second kappa shape index (κ2) is 5.36. The quantitative estimate of drug-likeness (QED) is 0.910. The first-order chi connectivity index (χ1) is 10.0. The highest BCUT2D eigenvalue weighted by Crippen LogP contribution is 2.32. The van der Waals surface area contributed by atoms with E-state index in [2.05, 4.69) is 14.7 Å². The number of hydrogen-bond acceptors (Lipinski definition) is 5. The molecule has 3 rings (SSSR count). The Morgan fingerprint density at radius 3 is 2.90 bits per heavy atom. The molecule has 0 spiro atoms. The lowest BCUT2D eigenvalue weighted by Gasteiger charge is -2.05. The molecule has 0 atom stereocenters. The molecule has 1 aromatic carbocycles. The van der Waals surface area contributed by atoms with Gasteiger partial charge < -0.3 is 5.11 Å². The van der Waals surface area contributed by atoms with Crippen LogP contribution in [0.2, 0.25) is 0 Å². The molecule has 0 radical (unpaired) electrons. The fourth-order valence-electron chi connectivity index (χ4n) is 1.88. The predicted molar refractivity (Wildman–Crippen MR) is 72.3 cm³/mol. The van der Waals surface area contributed by atoms with Crippen molar-refractivity contribution in [1.29, 1.82) is 0 Å². The van der Waals surface area contributed by atoms with Gasteiger partial charge in [0.2, 0.25) is 5.13 Å². The molecule has 0 aliphatic heterocycles. The molecule has 8 heteroatoms. The number of rotatable bonds is 4. The molecule has 1 aromatic heterocycles. The van der Waals surface area contributed by atoms with Gasteiger partial charge in [0.1, 0.15) is 17.2 Å². The molecule has 21 heavy (non-hydrogen) atoms. The second-order valence-electron chi connectivity index (χ2n) is 4.87. The highest BCUT2D eigenvalue weighted by Gasteiger charge is 2.25. The number of carbonyl (C=O) groups excluding carboxylic acids is 1. The van der Waals surface area contributed by atoms with Crippen molar-refractivity contribution in [3.05, 3.63) is 35.2 Å². The summed E-state index contributed by atoms with van der Waals surface area (Å²) in [5.41, 5.74) is -0.839. The summed E-state index contributed by atoms with van der Waals surface area (Å²) in [6.45, 7) is 0. The van der Waals surface area contributed by atoms with Crippen LogP contribution in [0, 0.1) is 17.6 Å². The summed E-state index contributed by atoms with van der Waals surface area (Å²) in [6, 6.07) is 1.67. The van der Waals surface area contributed by atoms with Crippen molar-refractivity contribution >= 4 is 22.6 Å². The molecule has 0 saturated heterocycles. The Morgan fingerprint density at radius 1 is 1.43 bits per heavy atom. The Labute approximate surface area is 122 Å². The summed E-state index contributed by atoms with van der Waals surface area (Å²) in [4.78, 5) is 16.0. The zero-order valence-corrected chi connectivity index (χ0v) is 11.6. The van der Waals surface area contributed by atoms with Crippen LogP contribution in [0.25, 0.3) is 0 Å².